The maximum atomic E-state index is 13.0. The van der Waals surface area contributed by atoms with Crippen LogP contribution in [0.2, 0.25) is 0 Å². The number of amides is 2. The van der Waals surface area contributed by atoms with Crippen molar-refractivity contribution in [1.29, 1.82) is 0 Å². The number of carbonyl (C=O) groups is 2. The molecule has 0 radical (unpaired) electrons. The summed E-state index contributed by atoms with van der Waals surface area (Å²) < 4.78 is 44.1. The predicted molar refractivity (Wildman–Crippen MR) is 64.3 cm³/mol. The standard InChI is InChI=1S/C13H11F3N2O3/c1-12(2,3)21-10(19)8-6(13(14,15)16)4-5-7-9(8)18-11(20)17-7/h4-5H,1-3H3. The topological polar surface area (TPSA) is 68.1 Å². The van der Waals surface area contributed by atoms with Gasteiger partial charge in [-0.15, -0.1) is 0 Å². The molecule has 0 fully saturated rings. The summed E-state index contributed by atoms with van der Waals surface area (Å²) in [6.45, 7) is 4.57. The number of hydrogen-bond acceptors (Lipinski definition) is 3. The lowest BCUT2D eigenvalue weighted by molar-refractivity contribution is -0.138. The minimum absolute atomic E-state index is 0.0751. The fourth-order valence-electron chi connectivity index (χ4n) is 1.78. The molecule has 0 bridgehead atoms. The Morgan fingerprint density at radius 2 is 1.76 bits per heavy atom. The highest BCUT2D eigenvalue weighted by molar-refractivity contribution is 5.92. The first-order valence-electron chi connectivity index (χ1n) is 5.94. The van der Waals surface area contributed by atoms with Gasteiger partial charge in [-0.05, 0) is 32.9 Å². The van der Waals surface area contributed by atoms with E-state index in [4.69, 9.17) is 4.74 Å². The average Bonchev–Trinajstić information content (AvgIpc) is 2.63. The maximum absolute atomic E-state index is 13.0. The van der Waals surface area contributed by atoms with E-state index >= 15 is 0 Å². The second-order valence-electron chi connectivity index (χ2n) is 5.36. The number of fused-ring (bicyclic) bond motifs is 1. The highest BCUT2D eigenvalue weighted by Gasteiger charge is 2.38. The Kier molecular flexibility index (Phi) is 3.35. The van der Waals surface area contributed by atoms with Crippen molar-refractivity contribution in [2.24, 2.45) is 9.98 Å². The van der Waals surface area contributed by atoms with E-state index < -0.39 is 40.3 Å². The van der Waals surface area contributed by atoms with Crippen molar-refractivity contribution in [2.75, 3.05) is 0 Å². The molecule has 1 aromatic rings. The van der Waals surface area contributed by atoms with Crippen molar-refractivity contribution >= 4 is 12.0 Å². The SMILES string of the molecule is CC(C)(C)OC(=O)c1c(C(F)(F)F)ccc2c1=NC(=O)N=2. The van der Waals surface area contributed by atoms with Crippen molar-refractivity contribution in [3.8, 4) is 0 Å². The van der Waals surface area contributed by atoms with E-state index in [1.165, 1.54) is 20.8 Å². The zero-order valence-electron chi connectivity index (χ0n) is 11.4. The van der Waals surface area contributed by atoms with E-state index in [2.05, 4.69) is 9.98 Å². The number of nitrogens with zero attached hydrogens (tertiary/aromatic N) is 2. The van der Waals surface area contributed by atoms with Crippen LogP contribution in [0.5, 0.6) is 0 Å². The Hall–Kier alpha value is -2.25. The van der Waals surface area contributed by atoms with E-state index in [9.17, 15) is 22.8 Å². The van der Waals surface area contributed by atoms with Crippen molar-refractivity contribution in [3.05, 3.63) is 34.0 Å². The van der Waals surface area contributed by atoms with E-state index in [1.807, 2.05) is 0 Å². The third-order valence-corrected chi connectivity index (χ3v) is 2.49. The summed E-state index contributed by atoms with van der Waals surface area (Å²) in [5.74, 6) is -1.19. The zero-order chi connectivity index (χ0) is 16.0. The molecule has 1 aliphatic heterocycles. The van der Waals surface area contributed by atoms with Crippen molar-refractivity contribution < 1.29 is 27.5 Å². The summed E-state index contributed by atoms with van der Waals surface area (Å²) in [4.78, 5) is 30.0. The predicted octanol–water partition coefficient (Wildman–Crippen LogP) is 2.03. The number of alkyl halides is 3. The normalized spacial score (nSPS) is 14.3. The van der Waals surface area contributed by atoms with E-state index in [0.717, 1.165) is 6.07 Å². The molecule has 0 aliphatic carbocycles. The number of urea groups is 1. The summed E-state index contributed by atoms with van der Waals surface area (Å²) in [7, 11) is 0. The molecule has 5 nitrogen and oxygen atoms in total. The summed E-state index contributed by atoms with van der Waals surface area (Å²) in [6, 6.07) is 0.741. The quantitative estimate of drug-likeness (QED) is 0.745. The minimum atomic E-state index is -4.78. The van der Waals surface area contributed by atoms with Crippen molar-refractivity contribution in [1.82, 2.24) is 0 Å². The van der Waals surface area contributed by atoms with E-state index in [0.29, 0.717) is 6.07 Å². The van der Waals surface area contributed by atoms with E-state index in [-0.39, 0.29) is 5.36 Å². The highest BCUT2D eigenvalue weighted by atomic mass is 19.4. The molecule has 0 unspecified atom stereocenters. The van der Waals surface area contributed by atoms with Crippen LogP contribution in [0.3, 0.4) is 0 Å². The molecule has 0 spiro atoms. The molecular formula is C13H11F3N2O3. The third kappa shape index (κ3) is 3.09. The van der Waals surface area contributed by atoms with Crippen LogP contribution < -0.4 is 10.7 Å². The van der Waals surface area contributed by atoms with Crippen molar-refractivity contribution in [2.45, 2.75) is 32.5 Å². The van der Waals surface area contributed by atoms with Gasteiger partial charge in [-0.3, -0.25) is 0 Å². The smallest absolute Gasteiger partial charge is 0.417 e. The summed E-state index contributed by atoms with van der Waals surface area (Å²) in [5, 5.41) is -0.474. The number of benzene rings is 1. The zero-order valence-corrected chi connectivity index (χ0v) is 11.4. The first-order chi connectivity index (χ1) is 9.49. The lowest BCUT2D eigenvalue weighted by Gasteiger charge is -2.21. The number of rotatable bonds is 1. The molecule has 0 aromatic heterocycles. The van der Waals surface area contributed by atoms with Crippen molar-refractivity contribution in [3.63, 3.8) is 0 Å². The Morgan fingerprint density at radius 1 is 1.14 bits per heavy atom. The molecule has 8 heteroatoms. The fourth-order valence-corrected chi connectivity index (χ4v) is 1.78. The first-order valence-corrected chi connectivity index (χ1v) is 5.94. The number of esters is 1. The van der Waals surface area contributed by atoms with Gasteiger partial charge in [0.1, 0.15) is 11.0 Å². The number of ether oxygens (including phenoxy) is 1. The van der Waals surface area contributed by atoms with Gasteiger partial charge in [0.2, 0.25) is 0 Å². The van der Waals surface area contributed by atoms with Crippen LogP contribution in [0, 0.1) is 0 Å². The molecule has 1 aromatic carbocycles. The molecule has 0 atom stereocenters. The molecule has 0 saturated carbocycles. The highest BCUT2D eigenvalue weighted by Crippen LogP contribution is 2.31. The third-order valence-electron chi connectivity index (χ3n) is 2.49. The van der Waals surface area contributed by atoms with Gasteiger partial charge in [-0.2, -0.15) is 23.2 Å². The van der Waals surface area contributed by atoms with Crippen LogP contribution in [0.15, 0.2) is 22.1 Å². The maximum Gasteiger partial charge on any atom is 0.417 e. The lowest BCUT2D eigenvalue weighted by atomic mass is 10.1. The lowest BCUT2D eigenvalue weighted by Crippen LogP contribution is -2.36. The second-order valence-corrected chi connectivity index (χ2v) is 5.36. The number of carbonyl (C=O) groups excluding carboxylic acids is 2. The Morgan fingerprint density at radius 3 is 2.29 bits per heavy atom. The van der Waals surface area contributed by atoms with Crippen LogP contribution in [-0.4, -0.2) is 17.6 Å². The summed E-state index contributed by atoms with van der Waals surface area (Å²) in [5.41, 5.74) is -2.98. The van der Waals surface area contributed by atoms with Gasteiger partial charge in [0.05, 0.1) is 16.5 Å². The van der Waals surface area contributed by atoms with Crippen LogP contribution in [-0.2, 0) is 10.9 Å². The van der Waals surface area contributed by atoms with Gasteiger partial charge in [-0.1, -0.05) is 0 Å². The van der Waals surface area contributed by atoms with Gasteiger partial charge in [0.25, 0.3) is 0 Å². The van der Waals surface area contributed by atoms with Crippen LogP contribution in [0.4, 0.5) is 18.0 Å². The number of halogens is 3. The Bertz CT molecular complexity index is 746. The van der Waals surface area contributed by atoms with Crippen LogP contribution in [0.25, 0.3) is 0 Å². The molecule has 2 amide bonds. The monoisotopic (exact) mass is 300 g/mol. The van der Waals surface area contributed by atoms with Gasteiger partial charge in [0, 0.05) is 0 Å². The van der Waals surface area contributed by atoms with E-state index in [1.54, 1.807) is 0 Å². The van der Waals surface area contributed by atoms with Gasteiger partial charge < -0.3 is 4.74 Å². The van der Waals surface area contributed by atoms with Gasteiger partial charge in [-0.25, -0.2) is 9.59 Å². The molecule has 112 valence electrons. The summed E-state index contributed by atoms with van der Waals surface area (Å²) in [6.07, 6.45) is -4.78. The Labute approximate surface area is 117 Å². The van der Waals surface area contributed by atoms with Crippen LogP contribution in [0.1, 0.15) is 36.7 Å². The molecule has 21 heavy (non-hydrogen) atoms. The summed E-state index contributed by atoms with van der Waals surface area (Å²) >= 11 is 0. The molecule has 0 saturated heterocycles. The largest absolute Gasteiger partial charge is 0.456 e. The van der Waals surface area contributed by atoms with Gasteiger partial charge >= 0.3 is 18.2 Å². The second kappa shape index (κ2) is 4.64. The average molecular weight is 300 g/mol. The molecule has 2 rings (SSSR count). The molecule has 1 aliphatic rings. The molecule has 0 N–H and O–H groups in total. The molecule has 1 heterocycles. The first kappa shape index (κ1) is 15.1. The van der Waals surface area contributed by atoms with Crippen LogP contribution >= 0.6 is 0 Å². The Balaban J connectivity index is 2.72. The molecular weight excluding hydrogens is 289 g/mol. The fraction of sp³-hybridized carbons (Fsp3) is 0.385. The minimum Gasteiger partial charge on any atom is -0.456 e. The van der Waals surface area contributed by atoms with Gasteiger partial charge in [0.15, 0.2) is 0 Å². The number of hydrogen-bond donors (Lipinski definition) is 0.